The van der Waals surface area contributed by atoms with E-state index in [1.54, 1.807) is 0 Å². The van der Waals surface area contributed by atoms with Gasteiger partial charge < -0.3 is 5.73 Å². The van der Waals surface area contributed by atoms with Crippen molar-refractivity contribution in [3.05, 3.63) is 0 Å². The molecule has 0 saturated carbocycles. The summed E-state index contributed by atoms with van der Waals surface area (Å²) in [6, 6.07) is 0. The Morgan fingerprint density at radius 3 is 2.20 bits per heavy atom. The average molecular weight is 214 g/mol. The van der Waals surface area contributed by atoms with Crippen molar-refractivity contribution >= 4 is 0 Å². The zero-order valence-corrected chi connectivity index (χ0v) is 11.3. The summed E-state index contributed by atoms with van der Waals surface area (Å²) in [6.45, 7) is 14.4. The lowest BCUT2D eigenvalue weighted by Gasteiger charge is -2.41. The van der Waals surface area contributed by atoms with Crippen molar-refractivity contribution in [3.8, 4) is 0 Å². The van der Waals surface area contributed by atoms with E-state index in [9.17, 15) is 0 Å². The first-order chi connectivity index (χ1) is 7.00. The molecule has 0 saturated heterocycles. The van der Waals surface area contributed by atoms with E-state index in [1.807, 2.05) is 0 Å². The fourth-order valence-electron chi connectivity index (χ4n) is 2.38. The molecule has 2 heteroatoms. The molecule has 0 aromatic heterocycles. The Bertz CT molecular complexity index is 157. The third-order valence-electron chi connectivity index (χ3n) is 3.21. The van der Waals surface area contributed by atoms with Crippen molar-refractivity contribution in [3.63, 3.8) is 0 Å². The Hall–Kier alpha value is -0.0800. The van der Waals surface area contributed by atoms with E-state index < -0.39 is 0 Å². The third-order valence-corrected chi connectivity index (χ3v) is 3.21. The highest BCUT2D eigenvalue weighted by atomic mass is 15.2. The number of nitrogens with two attached hydrogens (primary N) is 1. The van der Waals surface area contributed by atoms with Crippen LogP contribution in [0.25, 0.3) is 0 Å². The summed E-state index contributed by atoms with van der Waals surface area (Å²) >= 11 is 0. The lowest BCUT2D eigenvalue weighted by atomic mass is 9.88. The first-order valence-corrected chi connectivity index (χ1v) is 6.45. The summed E-state index contributed by atoms with van der Waals surface area (Å²) in [6.07, 6.45) is 3.74. The average Bonchev–Trinajstić information content (AvgIpc) is 2.17. The summed E-state index contributed by atoms with van der Waals surface area (Å²) in [5.41, 5.74) is 6.15. The fourth-order valence-corrected chi connectivity index (χ4v) is 2.38. The summed E-state index contributed by atoms with van der Waals surface area (Å²) in [5.74, 6) is 0.717. The fraction of sp³-hybridized carbons (Fsp3) is 1.00. The molecule has 0 fully saturated rings. The molecule has 1 unspecified atom stereocenters. The number of hydrogen-bond acceptors (Lipinski definition) is 2. The molecule has 0 rings (SSSR count). The van der Waals surface area contributed by atoms with Gasteiger partial charge in [0.15, 0.2) is 0 Å². The van der Waals surface area contributed by atoms with Gasteiger partial charge in [-0.15, -0.1) is 0 Å². The minimum absolute atomic E-state index is 0.193. The molecule has 0 aromatic carbocycles. The van der Waals surface area contributed by atoms with Crippen LogP contribution in [0.2, 0.25) is 0 Å². The van der Waals surface area contributed by atoms with Gasteiger partial charge in [-0.2, -0.15) is 0 Å². The van der Waals surface area contributed by atoms with Gasteiger partial charge in [-0.3, -0.25) is 4.90 Å². The first kappa shape index (κ1) is 14.9. The quantitative estimate of drug-likeness (QED) is 0.673. The molecule has 0 spiro atoms. The SMILES string of the molecule is CCCCN(CC)C(C)(CN)CC(C)C. The molecule has 0 aliphatic heterocycles. The first-order valence-electron chi connectivity index (χ1n) is 6.45. The van der Waals surface area contributed by atoms with Gasteiger partial charge >= 0.3 is 0 Å². The lowest BCUT2D eigenvalue weighted by molar-refractivity contribution is 0.0932. The molecular weight excluding hydrogens is 184 g/mol. The summed E-state index contributed by atoms with van der Waals surface area (Å²) in [5, 5.41) is 0. The summed E-state index contributed by atoms with van der Waals surface area (Å²) in [4.78, 5) is 2.55. The number of hydrogen-bond donors (Lipinski definition) is 1. The monoisotopic (exact) mass is 214 g/mol. The van der Waals surface area contributed by atoms with Crippen LogP contribution in [-0.4, -0.2) is 30.1 Å². The van der Waals surface area contributed by atoms with E-state index in [0.29, 0.717) is 5.92 Å². The molecule has 0 heterocycles. The Morgan fingerprint density at radius 2 is 1.87 bits per heavy atom. The minimum Gasteiger partial charge on any atom is -0.329 e. The molecule has 0 radical (unpaired) electrons. The molecule has 15 heavy (non-hydrogen) atoms. The van der Waals surface area contributed by atoms with Crippen molar-refractivity contribution in [2.75, 3.05) is 19.6 Å². The highest BCUT2D eigenvalue weighted by molar-refractivity contribution is 4.87. The van der Waals surface area contributed by atoms with Gasteiger partial charge in [0.25, 0.3) is 0 Å². The van der Waals surface area contributed by atoms with Gasteiger partial charge in [0.2, 0.25) is 0 Å². The van der Waals surface area contributed by atoms with Crippen molar-refractivity contribution < 1.29 is 0 Å². The van der Waals surface area contributed by atoms with Crippen molar-refractivity contribution in [1.29, 1.82) is 0 Å². The molecule has 2 N–H and O–H groups in total. The zero-order chi connectivity index (χ0) is 11.9. The van der Waals surface area contributed by atoms with Crippen molar-refractivity contribution in [1.82, 2.24) is 4.90 Å². The summed E-state index contributed by atoms with van der Waals surface area (Å²) in [7, 11) is 0. The van der Waals surface area contributed by atoms with E-state index in [4.69, 9.17) is 5.73 Å². The van der Waals surface area contributed by atoms with Crippen LogP contribution < -0.4 is 5.73 Å². The van der Waals surface area contributed by atoms with Crippen LogP contribution in [0.5, 0.6) is 0 Å². The number of likely N-dealkylation sites (N-methyl/N-ethyl adjacent to an activating group) is 1. The van der Waals surface area contributed by atoms with Crippen LogP contribution in [0.4, 0.5) is 0 Å². The van der Waals surface area contributed by atoms with Gasteiger partial charge in [-0.1, -0.05) is 34.1 Å². The Balaban J connectivity index is 4.41. The molecular formula is C13H30N2. The molecule has 2 nitrogen and oxygen atoms in total. The maximum Gasteiger partial charge on any atom is 0.0305 e. The number of unbranched alkanes of at least 4 members (excludes halogenated alkanes) is 1. The van der Waals surface area contributed by atoms with Gasteiger partial charge in [0, 0.05) is 12.1 Å². The van der Waals surface area contributed by atoms with Gasteiger partial charge in [0.05, 0.1) is 0 Å². The van der Waals surface area contributed by atoms with Crippen LogP contribution in [-0.2, 0) is 0 Å². The van der Waals surface area contributed by atoms with E-state index in [2.05, 4.69) is 39.5 Å². The van der Waals surface area contributed by atoms with Crippen LogP contribution in [0.1, 0.15) is 53.9 Å². The second-order valence-electron chi connectivity index (χ2n) is 5.23. The number of nitrogens with zero attached hydrogens (tertiary/aromatic N) is 1. The third kappa shape index (κ3) is 4.98. The summed E-state index contributed by atoms with van der Waals surface area (Å²) < 4.78 is 0. The maximum atomic E-state index is 5.96. The predicted octanol–water partition coefficient (Wildman–Crippen LogP) is 2.87. The van der Waals surface area contributed by atoms with Gasteiger partial charge in [-0.25, -0.2) is 0 Å². The van der Waals surface area contributed by atoms with E-state index in [1.165, 1.54) is 25.8 Å². The number of rotatable bonds is 8. The largest absolute Gasteiger partial charge is 0.329 e. The molecule has 0 amide bonds. The molecule has 1 atom stereocenters. The standard InChI is InChI=1S/C13H30N2/c1-6-8-9-15(7-2)13(5,11-14)10-12(3)4/h12H,6-11,14H2,1-5H3. The molecule has 0 aliphatic rings. The highest BCUT2D eigenvalue weighted by Gasteiger charge is 2.29. The Morgan fingerprint density at radius 1 is 1.27 bits per heavy atom. The smallest absolute Gasteiger partial charge is 0.0305 e. The molecule has 92 valence electrons. The molecule has 0 aromatic rings. The van der Waals surface area contributed by atoms with Crippen molar-refractivity contribution in [2.45, 2.75) is 59.4 Å². The van der Waals surface area contributed by atoms with Gasteiger partial charge in [0.1, 0.15) is 0 Å². The van der Waals surface area contributed by atoms with Crippen LogP contribution >= 0.6 is 0 Å². The predicted molar refractivity (Wildman–Crippen MR) is 69.1 cm³/mol. The van der Waals surface area contributed by atoms with Crippen molar-refractivity contribution in [2.24, 2.45) is 11.7 Å². The van der Waals surface area contributed by atoms with Gasteiger partial charge in [-0.05, 0) is 38.8 Å². The van der Waals surface area contributed by atoms with E-state index >= 15 is 0 Å². The molecule has 0 bridgehead atoms. The second-order valence-corrected chi connectivity index (χ2v) is 5.23. The molecule has 0 aliphatic carbocycles. The Kier molecular flexibility index (Phi) is 7.20. The zero-order valence-electron chi connectivity index (χ0n) is 11.3. The highest BCUT2D eigenvalue weighted by Crippen LogP contribution is 2.23. The van der Waals surface area contributed by atoms with Crippen LogP contribution in [0.3, 0.4) is 0 Å². The topological polar surface area (TPSA) is 29.3 Å². The Labute approximate surface area is 96.2 Å². The van der Waals surface area contributed by atoms with Crippen LogP contribution in [0.15, 0.2) is 0 Å². The normalized spacial score (nSPS) is 16.0. The minimum atomic E-state index is 0.193. The van der Waals surface area contributed by atoms with Crippen LogP contribution in [0, 0.1) is 5.92 Å². The maximum absolute atomic E-state index is 5.96. The second kappa shape index (κ2) is 7.24. The van der Waals surface area contributed by atoms with E-state index in [0.717, 1.165) is 13.1 Å². The lowest BCUT2D eigenvalue weighted by Crippen LogP contribution is -2.52. The van der Waals surface area contributed by atoms with E-state index in [-0.39, 0.29) is 5.54 Å².